The molecule has 1 unspecified atom stereocenters. The molecule has 2 saturated carbocycles. The molecule has 0 aromatic heterocycles. The van der Waals surface area contributed by atoms with Crippen LogP contribution in [0.5, 0.6) is 0 Å². The van der Waals surface area contributed by atoms with Gasteiger partial charge in [-0.25, -0.2) is 8.42 Å². The first-order valence-corrected chi connectivity index (χ1v) is 7.94. The Balaban J connectivity index is 1.88. The summed E-state index contributed by atoms with van der Waals surface area (Å²) in [5.74, 6) is -0.703. The fourth-order valence-corrected chi connectivity index (χ4v) is 5.69. The quantitative estimate of drug-likeness (QED) is 0.814. The van der Waals surface area contributed by atoms with Gasteiger partial charge in [-0.05, 0) is 39.5 Å². The Bertz CT molecular complexity index is 459. The molecule has 1 N–H and O–H groups in total. The van der Waals surface area contributed by atoms with Gasteiger partial charge in [0.2, 0.25) is 0 Å². The summed E-state index contributed by atoms with van der Waals surface area (Å²) in [4.78, 5) is 0. The summed E-state index contributed by atoms with van der Waals surface area (Å²) < 4.78 is 35.0. The zero-order chi connectivity index (χ0) is 13.2. The highest BCUT2D eigenvalue weighted by Crippen LogP contribution is 2.59. The van der Waals surface area contributed by atoms with E-state index in [9.17, 15) is 13.5 Å². The van der Waals surface area contributed by atoms with Crippen LogP contribution >= 0.6 is 0 Å². The van der Waals surface area contributed by atoms with E-state index in [0.29, 0.717) is 32.3 Å². The molecule has 3 rings (SSSR count). The van der Waals surface area contributed by atoms with Crippen LogP contribution in [0.1, 0.15) is 39.5 Å². The van der Waals surface area contributed by atoms with E-state index in [1.165, 1.54) is 0 Å². The zero-order valence-corrected chi connectivity index (χ0v) is 11.6. The van der Waals surface area contributed by atoms with E-state index in [1.54, 1.807) is 13.8 Å². The number of rotatable bonds is 4. The van der Waals surface area contributed by atoms with Crippen LogP contribution in [0, 0.1) is 0 Å². The second kappa shape index (κ2) is 3.48. The Kier molecular flexibility index (Phi) is 2.48. The van der Waals surface area contributed by atoms with Crippen LogP contribution < -0.4 is 0 Å². The molecule has 0 radical (unpaired) electrons. The van der Waals surface area contributed by atoms with Crippen molar-refractivity contribution >= 4 is 9.84 Å². The molecule has 1 atom stereocenters. The first-order valence-electron chi connectivity index (χ1n) is 6.46. The Hall–Kier alpha value is -0.170. The molecule has 3 aliphatic rings. The SMILES string of the molecule is CC1(C)OCC(C2(S(=O)(=O)C3(CO)CC3)CC2)O1. The Labute approximate surface area is 107 Å². The van der Waals surface area contributed by atoms with Gasteiger partial charge in [-0.3, -0.25) is 0 Å². The fraction of sp³-hybridized carbons (Fsp3) is 1.00. The van der Waals surface area contributed by atoms with E-state index in [0.717, 1.165) is 0 Å². The standard InChI is InChI=1S/C12H20O5S/c1-10(2)16-7-9(17-10)12(5-6-12)18(14,15)11(8-13)3-4-11/h9,13H,3-8H2,1-2H3. The lowest BCUT2D eigenvalue weighted by molar-refractivity contribution is -0.139. The minimum absolute atomic E-state index is 0.270. The van der Waals surface area contributed by atoms with Crippen LogP contribution in [0.15, 0.2) is 0 Å². The maximum atomic E-state index is 12.7. The van der Waals surface area contributed by atoms with Gasteiger partial charge < -0.3 is 14.6 Å². The minimum atomic E-state index is -3.35. The molecule has 0 spiro atoms. The molecule has 1 heterocycles. The molecule has 2 aliphatic carbocycles. The van der Waals surface area contributed by atoms with Crippen LogP contribution in [0.3, 0.4) is 0 Å². The molecule has 0 aromatic carbocycles. The van der Waals surface area contributed by atoms with Crippen molar-refractivity contribution in [3.05, 3.63) is 0 Å². The lowest BCUT2D eigenvalue weighted by Crippen LogP contribution is -2.46. The summed E-state index contributed by atoms with van der Waals surface area (Å²) in [5, 5.41) is 9.38. The molecule has 6 heteroatoms. The van der Waals surface area contributed by atoms with E-state index in [-0.39, 0.29) is 12.7 Å². The van der Waals surface area contributed by atoms with Crippen LogP contribution in [-0.4, -0.2) is 48.1 Å². The van der Waals surface area contributed by atoms with Gasteiger partial charge in [-0.1, -0.05) is 0 Å². The molecular weight excluding hydrogens is 256 g/mol. The molecule has 1 saturated heterocycles. The third-order valence-electron chi connectivity index (χ3n) is 4.54. The first kappa shape index (κ1) is 12.8. The van der Waals surface area contributed by atoms with Crippen molar-refractivity contribution in [2.45, 2.75) is 60.9 Å². The fourth-order valence-electron chi connectivity index (χ4n) is 2.92. The Morgan fingerprint density at radius 1 is 1.22 bits per heavy atom. The summed E-state index contributed by atoms with van der Waals surface area (Å²) in [6.45, 7) is 3.66. The Morgan fingerprint density at radius 3 is 2.17 bits per heavy atom. The highest BCUT2D eigenvalue weighted by Gasteiger charge is 2.71. The maximum absolute atomic E-state index is 12.7. The normalized spacial score (nSPS) is 35.4. The third-order valence-corrected chi connectivity index (χ3v) is 7.96. The Morgan fingerprint density at radius 2 is 1.83 bits per heavy atom. The predicted octanol–water partition coefficient (Wildman–Crippen LogP) is 0.610. The molecule has 5 nitrogen and oxygen atoms in total. The zero-order valence-electron chi connectivity index (χ0n) is 10.8. The average Bonchev–Trinajstić information content (AvgIpc) is 3.18. The molecule has 18 heavy (non-hydrogen) atoms. The van der Waals surface area contributed by atoms with Crippen molar-refractivity contribution in [3.8, 4) is 0 Å². The van der Waals surface area contributed by atoms with Gasteiger partial charge in [0.15, 0.2) is 15.6 Å². The van der Waals surface area contributed by atoms with Gasteiger partial charge in [0.1, 0.15) is 10.9 Å². The van der Waals surface area contributed by atoms with Crippen molar-refractivity contribution < 1.29 is 23.0 Å². The molecule has 0 aromatic rings. The van der Waals surface area contributed by atoms with Crippen LogP contribution in [0.25, 0.3) is 0 Å². The number of ether oxygens (including phenoxy) is 2. The number of sulfone groups is 1. The van der Waals surface area contributed by atoms with Crippen molar-refractivity contribution in [1.29, 1.82) is 0 Å². The molecule has 104 valence electrons. The van der Waals surface area contributed by atoms with Gasteiger partial charge >= 0.3 is 0 Å². The van der Waals surface area contributed by atoms with Crippen molar-refractivity contribution in [3.63, 3.8) is 0 Å². The lowest BCUT2D eigenvalue weighted by Gasteiger charge is -2.27. The molecular formula is C12H20O5S. The summed E-state index contributed by atoms with van der Waals surface area (Å²) in [5.41, 5.74) is 0. The van der Waals surface area contributed by atoms with Gasteiger partial charge in [-0.2, -0.15) is 0 Å². The van der Waals surface area contributed by atoms with E-state index in [2.05, 4.69) is 0 Å². The summed E-state index contributed by atoms with van der Waals surface area (Å²) >= 11 is 0. The molecule has 1 aliphatic heterocycles. The van der Waals surface area contributed by atoms with Crippen LogP contribution in [0.4, 0.5) is 0 Å². The molecule has 3 fully saturated rings. The number of hydrogen-bond acceptors (Lipinski definition) is 5. The second-order valence-electron chi connectivity index (χ2n) is 6.23. The number of aliphatic hydroxyl groups excluding tert-OH is 1. The van der Waals surface area contributed by atoms with Crippen molar-refractivity contribution in [2.24, 2.45) is 0 Å². The summed E-state index contributed by atoms with van der Waals surface area (Å²) in [6, 6.07) is 0. The van der Waals surface area contributed by atoms with Gasteiger partial charge in [-0.15, -0.1) is 0 Å². The number of hydrogen-bond donors (Lipinski definition) is 1. The topological polar surface area (TPSA) is 72.8 Å². The molecule has 0 amide bonds. The van der Waals surface area contributed by atoms with Crippen molar-refractivity contribution in [1.82, 2.24) is 0 Å². The summed E-state index contributed by atoms with van der Waals surface area (Å²) in [7, 11) is -3.35. The highest BCUT2D eigenvalue weighted by molar-refractivity contribution is 7.94. The number of aliphatic hydroxyl groups is 1. The maximum Gasteiger partial charge on any atom is 0.166 e. The second-order valence-corrected chi connectivity index (χ2v) is 8.91. The first-order chi connectivity index (χ1) is 8.29. The minimum Gasteiger partial charge on any atom is -0.395 e. The van der Waals surface area contributed by atoms with Crippen LogP contribution in [0.2, 0.25) is 0 Å². The smallest absolute Gasteiger partial charge is 0.166 e. The van der Waals surface area contributed by atoms with E-state index >= 15 is 0 Å². The lowest BCUT2D eigenvalue weighted by atomic mass is 10.2. The third kappa shape index (κ3) is 1.52. The van der Waals surface area contributed by atoms with Gasteiger partial charge in [0.25, 0.3) is 0 Å². The molecule has 0 bridgehead atoms. The predicted molar refractivity (Wildman–Crippen MR) is 64.8 cm³/mol. The van der Waals surface area contributed by atoms with E-state index in [4.69, 9.17) is 9.47 Å². The van der Waals surface area contributed by atoms with Crippen LogP contribution in [-0.2, 0) is 19.3 Å². The largest absolute Gasteiger partial charge is 0.395 e. The monoisotopic (exact) mass is 276 g/mol. The van der Waals surface area contributed by atoms with E-state index < -0.39 is 25.1 Å². The van der Waals surface area contributed by atoms with Crippen molar-refractivity contribution in [2.75, 3.05) is 13.2 Å². The van der Waals surface area contributed by atoms with E-state index in [1.807, 2.05) is 0 Å². The highest BCUT2D eigenvalue weighted by atomic mass is 32.2. The average molecular weight is 276 g/mol. The van der Waals surface area contributed by atoms with Gasteiger partial charge in [0.05, 0.1) is 18.0 Å². The van der Waals surface area contributed by atoms with Gasteiger partial charge in [0, 0.05) is 0 Å². The summed E-state index contributed by atoms with van der Waals surface area (Å²) in [6.07, 6.45) is 2.01.